The third-order valence-corrected chi connectivity index (χ3v) is 3.90. The average molecular weight is 274 g/mol. The molecular weight excluding hydrogens is 248 g/mol. The third-order valence-electron chi connectivity index (χ3n) is 3.90. The summed E-state index contributed by atoms with van der Waals surface area (Å²) in [6.45, 7) is 13.4. The van der Waals surface area contributed by atoms with Crippen LogP contribution in [0.15, 0.2) is 18.2 Å². The zero-order chi connectivity index (χ0) is 14.7. The minimum atomic E-state index is 0.187. The molecule has 0 bridgehead atoms. The molecule has 110 valence electrons. The van der Waals surface area contributed by atoms with E-state index in [0.29, 0.717) is 5.92 Å². The van der Waals surface area contributed by atoms with Gasteiger partial charge in [-0.2, -0.15) is 0 Å². The highest BCUT2D eigenvalue weighted by atomic mass is 16.2. The minimum Gasteiger partial charge on any atom is -0.336 e. The van der Waals surface area contributed by atoms with Crippen LogP contribution in [-0.4, -0.2) is 48.4 Å². The number of rotatable bonds is 3. The predicted octanol–water partition coefficient (Wildman–Crippen LogP) is 2.72. The summed E-state index contributed by atoms with van der Waals surface area (Å²) in [5.74, 6) is 0.878. The van der Waals surface area contributed by atoms with Crippen molar-refractivity contribution in [3.05, 3.63) is 34.9 Å². The van der Waals surface area contributed by atoms with Crippen LogP contribution in [-0.2, 0) is 0 Å². The van der Waals surface area contributed by atoms with Gasteiger partial charge in [-0.05, 0) is 31.4 Å². The van der Waals surface area contributed by atoms with Crippen LogP contribution in [0.3, 0.4) is 0 Å². The van der Waals surface area contributed by atoms with Crippen molar-refractivity contribution in [1.82, 2.24) is 9.80 Å². The molecule has 0 radical (unpaired) electrons. The lowest BCUT2D eigenvalue weighted by atomic mass is 10.0. The second-order valence-corrected chi connectivity index (χ2v) is 6.31. The van der Waals surface area contributed by atoms with Gasteiger partial charge in [0.05, 0.1) is 0 Å². The van der Waals surface area contributed by atoms with Gasteiger partial charge >= 0.3 is 0 Å². The molecule has 1 aromatic rings. The van der Waals surface area contributed by atoms with Gasteiger partial charge in [0.1, 0.15) is 0 Å². The summed E-state index contributed by atoms with van der Waals surface area (Å²) < 4.78 is 0. The second kappa shape index (κ2) is 6.40. The first kappa shape index (κ1) is 15.0. The molecule has 3 nitrogen and oxygen atoms in total. The van der Waals surface area contributed by atoms with E-state index in [1.54, 1.807) is 0 Å². The van der Waals surface area contributed by atoms with Crippen molar-refractivity contribution < 1.29 is 4.79 Å². The fraction of sp³-hybridized carbons (Fsp3) is 0.588. The van der Waals surface area contributed by atoms with Gasteiger partial charge in [0.2, 0.25) is 0 Å². The predicted molar refractivity (Wildman–Crippen MR) is 83.1 cm³/mol. The molecular formula is C17H26N2O. The molecule has 2 rings (SSSR count). The number of carbonyl (C=O) groups excluding carboxylic acids is 1. The van der Waals surface area contributed by atoms with Crippen LogP contribution < -0.4 is 0 Å². The number of hydrogen-bond donors (Lipinski definition) is 0. The van der Waals surface area contributed by atoms with Crippen molar-refractivity contribution in [3.63, 3.8) is 0 Å². The van der Waals surface area contributed by atoms with Gasteiger partial charge in [0.25, 0.3) is 5.91 Å². The van der Waals surface area contributed by atoms with Gasteiger partial charge < -0.3 is 4.90 Å². The highest BCUT2D eigenvalue weighted by Gasteiger charge is 2.23. The van der Waals surface area contributed by atoms with Gasteiger partial charge in [0, 0.05) is 38.3 Å². The normalized spacial score (nSPS) is 16.8. The summed E-state index contributed by atoms with van der Waals surface area (Å²) in [5.41, 5.74) is 3.15. The zero-order valence-corrected chi connectivity index (χ0v) is 13.1. The first-order valence-corrected chi connectivity index (χ1v) is 7.56. The summed E-state index contributed by atoms with van der Waals surface area (Å²) >= 11 is 0. The largest absolute Gasteiger partial charge is 0.336 e. The highest BCUT2D eigenvalue weighted by molar-refractivity contribution is 5.95. The Morgan fingerprint density at radius 1 is 1.15 bits per heavy atom. The molecule has 1 aromatic carbocycles. The fourth-order valence-electron chi connectivity index (χ4n) is 2.87. The molecule has 0 aliphatic carbocycles. The fourth-order valence-corrected chi connectivity index (χ4v) is 2.87. The van der Waals surface area contributed by atoms with E-state index in [9.17, 15) is 4.79 Å². The van der Waals surface area contributed by atoms with Crippen LogP contribution in [0.2, 0.25) is 0 Å². The molecule has 0 N–H and O–H groups in total. The number of carbonyl (C=O) groups is 1. The van der Waals surface area contributed by atoms with Crippen molar-refractivity contribution in [2.75, 3.05) is 32.7 Å². The van der Waals surface area contributed by atoms with Crippen LogP contribution in [0.5, 0.6) is 0 Å². The van der Waals surface area contributed by atoms with Gasteiger partial charge in [-0.15, -0.1) is 0 Å². The molecule has 0 atom stereocenters. The van der Waals surface area contributed by atoms with E-state index in [-0.39, 0.29) is 5.91 Å². The number of amides is 1. The Labute approximate surface area is 122 Å². The Bertz CT molecular complexity index is 474. The SMILES string of the molecule is Cc1ccc(C(=O)N2CCN(CC(C)C)CC2)c(C)c1. The van der Waals surface area contributed by atoms with Crippen LogP contribution in [0.4, 0.5) is 0 Å². The van der Waals surface area contributed by atoms with Crippen LogP contribution >= 0.6 is 0 Å². The quantitative estimate of drug-likeness (QED) is 0.846. The summed E-state index contributed by atoms with van der Waals surface area (Å²) in [5, 5.41) is 0. The Hall–Kier alpha value is -1.35. The van der Waals surface area contributed by atoms with Crippen molar-refractivity contribution in [2.24, 2.45) is 5.92 Å². The standard InChI is InChI=1S/C17H26N2O/c1-13(2)12-18-7-9-19(10-8-18)17(20)16-6-5-14(3)11-15(16)4/h5-6,11,13H,7-10,12H2,1-4H3. The van der Waals surface area contributed by atoms with Gasteiger partial charge in [-0.25, -0.2) is 0 Å². The summed E-state index contributed by atoms with van der Waals surface area (Å²) in [4.78, 5) is 17.0. The lowest BCUT2D eigenvalue weighted by Crippen LogP contribution is -2.49. The number of nitrogens with zero attached hydrogens (tertiary/aromatic N) is 2. The number of hydrogen-bond acceptors (Lipinski definition) is 2. The number of piperazine rings is 1. The van der Waals surface area contributed by atoms with E-state index >= 15 is 0 Å². The second-order valence-electron chi connectivity index (χ2n) is 6.31. The van der Waals surface area contributed by atoms with E-state index in [2.05, 4.69) is 31.7 Å². The van der Waals surface area contributed by atoms with E-state index in [1.807, 2.05) is 24.0 Å². The lowest BCUT2D eigenvalue weighted by molar-refractivity contribution is 0.0623. The molecule has 1 aliphatic rings. The Morgan fingerprint density at radius 3 is 2.35 bits per heavy atom. The third kappa shape index (κ3) is 3.60. The van der Waals surface area contributed by atoms with Crippen LogP contribution in [0.25, 0.3) is 0 Å². The molecule has 0 aromatic heterocycles. The first-order chi connectivity index (χ1) is 9.47. The summed E-state index contributed by atoms with van der Waals surface area (Å²) in [7, 11) is 0. The van der Waals surface area contributed by atoms with Gasteiger partial charge in [0.15, 0.2) is 0 Å². The maximum Gasteiger partial charge on any atom is 0.254 e. The lowest BCUT2D eigenvalue weighted by Gasteiger charge is -2.35. The average Bonchev–Trinajstić information content (AvgIpc) is 2.38. The smallest absolute Gasteiger partial charge is 0.254 e. The maximum absolute atomic E-state index is 12.6. The molecule has 1 heterocycles. The molecule has 1 aliphatic heterocycles. The van der Waals surface area contributed by atoms with Gasteiger partial charge in [-0.1, -0.05) is 31.5 Å². The van der Waals surface area contributed by atoms with Crippen molar-refractivity contribution in [3.8, 4) is 0 Å². The molecule has 20 heavy (non-hydrogen) atoms. The zero-order valence-electron chi connectivity index (χ0n) is 13.1. The number of aryl methyl sites for hydroxylation is 2. The van der Waals surface area contributed by atoms with Crippen molar-refractivity contribution >= 4 is 5.91 Å². The molecule has 1 amide bonds. The maximum atomic E-state index is 12.6. The van der Waals surface area contributed by atoms with E-state index in [4.69, 9.17) is 0 Å². The first-order valence-electron chi connectivity index (χ1n) is 7.56. The number of benzene rings is 1. The topological polar surface area (TPSA) is 23.6 Å². The Balaban J connectivity index is 1.98. The highest BCUT2D eigenvalue weighted by Crippen LogP contribution is 2.15. The molecule has 1 saturated heterocycles. The van der Waals surface area contributed by atoms with Gasteiger partial charge in [-0.3, -0.25) is 9.69 Å². The van der Waals surface area contributed by atoms with Crippen LogP contribution in [0.1, 0.15) is 35.3 Å². The molecule has 1 fully saturated rings. The molecule has 0 saturated carbocycles. The minimum absolute atomic E-state index is 0.187. The Morgan fingerprint density at radius 2 is 1.80 bits per heavy atom. The van der Waals surface area contributed by atoms with Crippen LogP contribution in [0, 0.1) is 19.8 Å². The summed E-state index contributed by atoms with van der Waals surface area (Å²) in [6, 6.07) is 6.07. The summed E-state index contributed by atoms with van der Waals surface area (Å²) in [6.07, 6.45) is 0. The monoisotopic (exact) mass is 274 g/mol. The molecule has 0 spiro atoms. The van der Waals surface area contributed by atoms with E-state index in [1.165, 1.54) is 5.56 Å². The van der Waals surface area contributed by atoms with E-state index in [0.717, 1.165) is 43.9 Å². The van der Waals surface area contributed by atoms with E-state index < -0.39 is 0 Å². The molecule has 3 heteroatoms. The molecule has 0 unspecified atom stereocenters. The van der Waals surface area contributed by atoms with Crippen molar-refractivity contribution in [1.29, 1.82) is 0 Å². The Kier molecular flexibility index (Phi) is 4.81. The van der Waals surface area contributed by atoms with Crippen molar-refractivity contribution in [2.45, 2.75) is 27.7 Å².